The van der Waals surface area contributed by atoms with Crippen LogP contribution in [0.5, 0.6) is 0 Å². The predicted octanol–water partition coefficient (Wildman–Crippen LogP) is 2.62. The summed E-state index contributed by atoms with van der Waals surface area (Å²) in [7, 11) is 0. The summed E-state index contributed by atoms with van der Waals surface area (Å²) in [6, 6.07) is 0.231. The van der Waals surface area contributed by atoms with Gasteiger partial charge in [-0.15, -0.1) is 0 Å². The van der Waals surface area contributed by atoms with Crippen molar-refractivity contribution in [3.63, 3.8) is 0 Å². The molecule has 1 fully saturated rings. The van der Waals surface area contributed by atoms with Gasteiger partial charge in [0.2, 0.25) is 5.91 Å². The van der Waals surface area contributed by atoms with Crippen molar-refractivity contribution in [1.82, 2.24) is 5.32 Å². The summed E-state index contributed by atoms with van der Waals surface area (Å²) in [5, 5.41) is 15.1. The van der Waals surface area contributed by atoms with Gasteiger partial charge in [-0.1, -0.05) is 32.3 Å². The van der Waals surface area contributed by atoms with E-state index in [0.29, 0.717) is 12.8 Å². The third kappa shape index (κ3) is 3.44. The quantitative estimate of drug-likeness (QED) is 0.303. The lowest BCUT2D eigenvalue weighted by atomic mass is 9.79. The van der Waals surface area contributed by atoms with E-state index in [9.17, 15) is 4.79 Å². The van der Waals surface area contributed by atoms with Crippen LogP contribution >= 0.6 is 0 Å². The lowest BCUT2D eigenvalue weighted by molar-refractivity contribution is -0.129. The molecule has 0 aromatic heterocycles. The van der Waals surface area contributed by atoms with E-state index in [4.69, 9.17) is 10.9 Å². The van der Waals surface area contributed by atoms with E-state index < -0.39 is 5.41 Å². The number of nitrogens with zero attached hydrogens (tertiary/aromatic N) is 1. The average Bonchev–Trinajstić information content (AvgIpc) is 2.49. The Labute approximate surface area is 122 Å². The lowest BCUT2D eigenvalue weighted by Gasteiger charge is -2.34. The van der Waals surface area contributed by atoms with E-state index in [1.54, 1.807) is 0 Å². The molecule has 0 aromatic carbocycles. The van der Waals surface area contributed by atoms with Crippen LogP contribution in [0.4, 0.5) is 0 Å². The van der Waals surface area contributed by atoms with Gasteiger partial charge in [-0.05, 0) is 44.4 Å². The molecule has 0 aliphatic heterocycles. The number of oxime groups is 1. The number of hydrogen-bond donors (Lipinski definition) is 3. The molecular weight excluding hydrogens is 254 g/mol. The van der Waals surface area contributed by atoms with Crippen LogP contribution in [0.15, 0.2) is 5.16 Å². The van der Waals surface area contributed by atoms with Crippen molar-refractivity contribution in [2.24, 2.45) is 22.2 Å². The molecule has 0 atom stereocenters. The van der Waals surface area contributed by atoms with Crippen molar-refractivity contribution in [2.75, 3.05) is 0 Å². The molecule has 1 rings (SSSR count). The molecule has 0 spiro atoms. The van der Waals surface area contributed by atoms with Crippen molar-refractivity contribution in [1.29, 1.82) is 0 Å². The van der Waals surface area contributed by atoms with E-state index in [-0.39, 0.29) is 17.8 Å². The third-order valence-corrected chi connectivity index (χ3v) is 5.00. The fraction of sp³-hybridized carbons (Fsp3) is 0.867. The Hall–Kier alpha value is -1.26. The molecule has 0 saturated heterocycles. The minimum atomic E-state index is -0.879. The SMILES string of the molecule is CCC1CCC(NC(=O)C(CC)(CC)C(N)=NO)CC1. The zero-order valence-electron chi connectivity index (χ0n) is 13.0. The molecule has 0 heterocycles. The van der Waals surface area contributed by atoms with Gasteiger partial charge in [0.15, 0.2) is 5.84 Å². The molecule has 0 bridgehead atoms. The largest absolute Gasteiger partial charge is 0.409 e. The number of nitrogens with two attached hydrogens (primary N) is 1. The Morgan fingerprint density at radius 2 is 1.80 bits per heavy atom. The van der Waals surface area contributed by atoms with Crippen LogP contribution in [-0.2, 0) is 4.79 Å². The molecule has 0 unspecified atom stereocenters. The van der Waals surface area contributed by atoms with Crippen LogP contribution < -0.4 is 11.1 Å². The lowest BCUT2D eigenvalue weighted by Crippen LogP contribution is -2.52. The monoisotopic (exact) mass is 283 g/mol. The van der Waals surface area contributed by atoms with Gasteiger partial charge in [-0.3, -0.25) is 4.79 Å². The van der Waals surface area contributed by atoms with E-state index in [0.717, 1.165) is 18.8 Å². The Balaban J connectivity index is 2.69. The smallest absolute Gasteiger partial charge is 0.234 e. The number of amides is 1. The summed E-state index contributed by atoms with van der Waals surface area (Å²) >= 11 is 0. The Bertz CT molecular complexity index is 343. The number of rotatable bonds is 6. The molecule has 1 aliphatic rings. The van der Waals surface area contributed by atoms with Crippen LogP contribution in [0.2, 0.25) is 0 Å². The summed E-state index contributed by atoms with van der Waals surface area (Å²) < 4.78 is 0. The fourth-order valence-electron chi connectivity index (χ4n) is 3.18. The van der Waals surface area contributed by atoms with Gasteiger partial charge in [-0.25, -0.2) is 0 Å². The van der Waals surface area contributed by atoms with Crippen molar-refractivity contribution in [3.8, 4) is 0 Å². The third-order valence-electron chi connectivity index (χ3n) is 5.00. The van der Waals surface area contributed by atoms with Crippen molar-refractivity contribution >= 4 is 11.7 Å². The van der Waals surface area contributed by atoms with Crippen molar-refractivity contribution in [3.05, 3.63) is 0 Å². The van der Waals surface area contributed by atoms with Gasteiger partial charge in [0.1, 0.15) is 5.41 Å². The first-order valence-corrected chi connectivity index (χ1v) is 7.82. The van der Waals surface area contributed by atoms with Gasteiger partial charge < -0.3 is 16.3 Å². The molecule has 20 heavy (non-hydrogen) atoms. The highest BCUT2D eigenvalue weighted by Crippen LogP contribution is 2.30. The molecule has 5 heteroatoms. The molecule has 4 N–H and O–H groups in total. The van der Waals surface area contributed by atoms with Crippen molar-refractivity contribution in [2.45, 2.75) is 71.8 Å². The molecule has 1 saturated carbocycles. The van der Waals surface area contributed by atoms with Gasteiger partial charge >= 0.3 is 0 Å². The van der Waals surface area contributed by atoms with E-state index in [1.165, 1.54) is 19.3 Å². The normalized spacial score (nSPS) is 24.4. The summed E-state index contributed by atoms with van der Waals surface area (Å²) in [4.78, 5) is 12.6. The van der Waals surface area contributed by atoms with Crippen LogP contribution in [0, 0.1) is 11.3 Å². The van der Waals surface area contributed by atoms with Crippen LogP contribution in [0.1, 0.15) is 65.7 Å². The van der Waals surface area contributed by atoms with E-state index in [2.05, 4.69) is 17.4 Å². The highest BCUT2D eigenvalue weighted by molar-refractivity contribution is 6.06. The molecule has 116 valence electrons. The highest BCUT2D eigenvalue weighted by Gasteiger charge is 2.40. The number of carbonyl (C=O) groups excluding carboxylic acids is 1. The minimum Gasteiger partial charge on any atom is -0.409 e. The van der Waals surface area contributed by atoms with Gasteiger partial charge in [0, 0.05) is 6.04 Å². The first-order valence-electron chi connectivity index (χ1n) is 7.82. The number of carbonyl (C=O) groups is 1. The van der Waals surface area contributed by atoms with Crippen LogP contribution in [0.3, 0.4) is 0 Å². The Morgan fingerprint density at radius 3 is 2.20 bits per heavy atom. The van der Waals surface area contributed by atoms with Gasteiger partial charge in [0.25, 0.3) is 0 Å². The standard InChI is InChI=1S/C15H29N3O2/c1-4-11-7-9-12(10-8-11)17-14(19)15(5-2,6-3)13(16)18-20/h11-12,20H,4-10H2,1-3H3,(H2,16,18)(H,17,19). The van der Waals surface area contributed by atoms with E-state index in [1.807, 2.05) is 13.8 Å². The topological polar surface area (TPSA) is 87.7 Å². The first kappa shape index (κ1) is 16.8. The second kappa shape index (κ2) is 7.50. The number of amidine groups is 1. The van der Waals surface area contributed by atoms with E-state index >= 15 is 0 Å². The van der Waals surface area contributed by atoms with Crippen LogP contribution in [-0.4, -0.2) is 23.0 Å². The number of hydrogen-bond acceptors (Lipinski definition) is 3. The summed E-state index contributed by atoms with van der Waals surface area (Å²) in [5.41, 5.74) is 4.88. The summed E-state index contributed by atoms with van der Waals surface area (Å²) in [6.07, 6.45) is 6.71. The maximum atomic E-state index is 12.6. The maximum absolute atomic E-state index is 12.6. The molecule has 1 amide bonds. The summed E-state index contributed by atoms with van der Waals surface area (Å²) in [5.74, 6) is 0.717. The molecule has 0 radical (unpaired) electrons. The first-order chi connectivity index (χ1) is 9.53. The zero-order valence-corrected chi connectivity index (χ0v) is 13.0. The maximum Gasteiger partial charge on any atom is 0.234 e. The average molecular weight is 283 g/mol. The molecule has 0 aromatic rings. The predicted molar refractivity (Wildman–Crippen MR) is 80.6 cm³/mol. The number of nitrogens with one attached hydrogen (secondary N) is 1. The minimum absolute atomic E-state index is 0.0160. The fourth-order valence-corrected chi connectivity index (χ4v) is 3.18. The molecule has 5 nitrogen and oxygen atoms in total. The highest BCUT2D eigenvalue weighted by atomic mass is 16.4. The second-order valence-electron chi connectivity index (χ2n) is 5.87. The summed E-state index contributed by atoms with van der Waals surface area (Å²) in [6.45, 7) is 6.02. The molecular formula is C15H29N3O2. The molecule has 1 aliphatic carbocycles. The van der Waals surface area contributed by atoms with Gasteiger partial charge in [-0.2, -0.15) is 0 Å². The Kier molecular flexibility index (Phi) is 6.30. The van der Waals surface area contributed by atoms with Gasteiger partial charge in [0.05, 0.1) is 0 Å². The van der Waals surface area contributed by atoms with Crippen LogP contribution in [0.25, 0.3) is 0 Å². The second-order valence-corrected chi connectivity index (χ2v) is 5.87. The zero-order chi connectivity index (χ0) is 15.2. The van der Waals surface area contributed by atoms with Crippen molar-refractivity contribution < 1.29 is 10.0 Å². The Morgan fingerprint density at radius 1 is 1.25 bits per heavy atom.